The predicted octanol–water partition coefficient (Wildman–Crippen LogP) is 1.80. The molecule has 0 amide bonds. The molecule has 1 N–H and O–H groups in total. The highest BCUT2D eigenvalue weighted by atomic mass is 15.4. The fraction of sp³-hybridized carbons (Fsp3) is 0.500. The summed E-state index contributed by atoms with van der Waals surface area (Å²) in [4.78, 5) is 4.30. The van der Waals surface area contributed by atoms with Gasteiger partial charge in [0.25, 0.3) is 0 Å². The average molecular weight is 259 g/mol. The summed E-state index contributed by atoms with van der Waals surface area (Å²) < 4.78 is 1.87. The SMILES string of the molecule is CC(C)(C)NCc1cn(CCc2ccccn2)nn1. The van der Waals surface area contributed by atoms with E-state index in [0.29, 0.717) is 0 Å². The molecule has 19 heavy (non-hydrogen) atoms. The summed E-state index contributed by atoms with van der Waals surface area (Å²) in [7, 11) is 0. The Morgan fingerprint density at radius 2 is 2.05 bits per heavy atom. The van der Waals surface area contributed by atoms with Crippen LogP contribution in [0.3, 0.4) is 0 Å². The second-order valence-corrected chi connectivity index (χ2v) is 5.65. The summed E-state index contributed by atoms with van der Waals surface area (Å²) in [5, 5.41) is 11.7. The second-order valence-electron chi connectivity index (χ2n) is 5.65. The van der Waals surface area contributed by atoms with Gasteiger partial charge in [-0.05, 0) is 32.9 Å². The first-order valence-corrected chi connectivity index (χ1v) is 6.57. The lowest BCUT2D eigenvalue weighted by Crippen LogP contribution is -2.35. The fourth-order valence-electron chi connectivity index (χ4n) is 1.66. The van der Waals surface area contributed by atoms with Crippen molar-refractivity contribution in [2.45, 2.75) is 45.8 Å². The minimum Gasteiger partial charge on any atom is -0.306 e. The van der Waals surface area contributed by atoms with Gasteiger partial charge in [-0.25, -0.2) is 0 Å². The van der Waals surface area contributed by atoms with Crippen LogP contribution >= 0.6 is 0 Å². The molecule has 2 aromatic heterocycles. The van der Waals surface area contributed by atoms with E-state index < -0.39 is 0 Å². The number of aryl methyl sites for hydroxylation is 2. The normalized spacial score (nSPS) is 11.7. The van der Waals surface area contributed by atoms with Crippen molar-refractivity contribution in [3.05, 3.63) is 42.0 Å². The van der Waals surface area contributed by atoms with E-state index in [-0.39, 0.29) is 5.54 Å². The van der Waals surface area contributed by atoms with Crippen molar-refractivity contribution in [2.24, 2.45) is 0 Å². The molecular formula is C14H21N5. The summed E-state index contributed by atoms with van der Waals surface area (Å²) in [5.41, 5.74) is 2.14. The van der Waals surface area contributed by atoms with E-state index in [1.807, 2.05) is 35.3 Å². The predicted molar refractivity (Wildman–Crippen MR) is 74.6 cm³/mol. The number of nitrogens with one attached hydrogen (secondary N) is 1. The smallest absolute Gasteiger partial charge is 0.0965 e. The van der Waals surface area contributed by atoms with Crippen LogP contribution in [0.2, 0.25) is 0 Å². The molecule has 0 radical (unpaired) electrons. The number of hydrogen-bond donors (Lipinski definition) is 1. The summed E-state index contributed by atoms with van der Waals surface area (Å²) in [6, 6.07) is 5.95. The number of nitrogens with zero attached hydrogens (tertiary/aromatic N) is 4. The van der Waals surface area contributed by atoms with Crippen LogP contribution in [0.25, 0.3) is 0 Å². The molecule has 0 aliphatic rings. The molecule has 2 aromatic rings. The van der Waals surface area contributed by atoms with E-state index in [9.17, 15) is 0 Å². The van der Waals surface area contributed by atoms with Gasteiger partial charge in [-0.2, -0.15) is 0 Å². The van der Waals surface area contributed by atoms with Crippen LogP contribution in [0.15, 0.2) is 30.6 Å². The molecule has 0 saturated heterocycles. The van der Waals surface area contributed by atoms with Gasteiger partial charge in [-0.3, -0.25) is 9.67 Å². The monoisotopic (exact) mass is 259 g/mol. The molecule has 0 saturated carbocycles. The maximum Gasteiger partial charge on any atom is 0.0965 e. The third kappa shape index (κ3) is 4.79. The summed E-state index contributed by atoms with van der Waals surface area (Å²) in [6.45, 7) is 7.96. The maximum absolute atomic E-state index is 4.30. The number of rotatable bonds is 5. The zero-order valence-corrected chi connectivity index (χ0v) is 11.8. The highest BCUT2D eigenvalue weighted by molar-refractivity contribution is 5.03. The van der Waals surface area contributed by atoms with E-state index in [0.717, 1.165) is 30.9 Å². The molecule has 5 heteroatoms. The fourth-order valence-corrected chi connectivity index (χ4v) is 1.66. The quantitative estimate of drug-likeness (QED) is 0.889. The summed E-state index contributed by atoms with van der Waals surface area (Å²) in [5.74, 6) is 0. The zero-order chi connectivity index (χ0) is 13.7. The van der Waals surface area contributed by atoms with Crippen LogP contribution in [0, 0.1) is 0 Å². The van der Waals surface area contributed by atoms with Gasteiger partial charge in [0, 0.05) is 43.1 Å². The Morgan fingerprint density at radius 1 is 1.21 bits per heavy atom. The Morgan fingerprint density at radius 3 is 2.74 bits per heavy atom. The van der Waals surface area contributed by atoms with Gasteiger partial charge >= 0.3 is 0 Å². The molecule has 102 valence electrons. The van der Waals surface area contributed by atoms with Crippen molar-refractivity contribution in [3.8, 4) is 0 Å². The standard InChI is InChI=1S/C14H21N5/c1-14(2,3)16-10-13-11-19(18-17-13)9-7-12-6-4-5-8-15-12/h4-6,8,11,16H,7,9-10H2,1-3H3. The van der Waals surface area contributed by atoms with Gasteiger partial charge in [0.1, 0.15) is 0 Å². The van der Waals surface area contributed by atoms with Gasteiger partial charge < -0.3 is 5.32 Å². The van der Waals surface area contributed by atoms with Crippen LogP contribution < -0.4 is 5.32 Å². The first kappa shape index (κ1) is 13.7. The Balaban J connectivity index is 1.84. The maximum atomic E-state index is 4.30. The number of pyridine rings is 1. The lowest BCUT2D eigenvalue weighted by molar-refractivity contribution is 0.421. The Hall–Kier alpha value is -1.75. The van der Waals surface area contributed by atoms with Crippen molar-refractivity contribution in [1.29, 1.82) is 0 Å². The van der Waals surface area contributed by atoms with E-state index in [4.69, 9.17) is 0 Å². The van der Waals surface area contributed by atoms with Crippen LogP contribution in [0.1, 0.15) is 32.2 Å². The molecule has 0 aliphatic heterocycles. The van der Waals surface area contributed by atoms with Crippen molar-refractivity contribution >= 4 is 0 Å². The summed E-state index contributed by atoms with van der Waals surface area (Å²) >= 11 is 0. The van der Waals surface area contributed by atoms with Gasteiger partial charge in [-0.15, -0.1) is 5.10 Å². The van der Waals surface area contributed by atoms with Crippen LogP contribution in [-0.2, 0) is 19.5 Å². The highest BCUT2D eigenvalue weighted by Gasteiger charge is 2.10. The highest BCUT2D eigenvalue weighted by Crippen LogP contribution is 2.02. The van der Waals surface area contributed by atoms with E-state index in [1.54, 1.807) is 0 Å². The minimum atomic E-state index is 0.0950. The van der Waals surface area contributed by atoms with Gasteiger partial charge in [0.2, 0.25) is 0 Å². The van der Waals surface area contributed by atoms with Crippen LogP contribution in [0.5, 0.6) is 0 Å². The molecule has 0 atom stereocenters. The number of hydrogen-bond acceptors (Lipinski definition) is 4. The first-order valence-electron chi connectivity index (χ1n) is 6.57. The van der Waals surface area contributed by atoms with Crippen molar-refractivity contribution in [1.82, 2.24) is 25.3 Å². The molecule has 0 bridgehead atoms. The molecule has 0 fully saturated rings. The molecule has 2 rings (SSSR count). The average Bonchev–Trinajstić information content (AvgIpc) is 2.82. The van der Waals surface area contributed by atoms with Crippen molar-refractivity contribution in [2.75, 3.05) is 0 Å². The number of aromatic nitrogens is 4. The Labute approximate surface area is 114 Å². The van der Waals surface area contributed by atoms with E-state index in [1.165, 1.54) is 0 Å². The molecule has 0 spiro atoms. The first-order chi connectivity index (χ1) is 9.03. The molecule has 0 aliphatic carbocycles. The molecule has 0 unspecified atom stereocenters. The molecule has 2 heterocycles. The van der Waals surface area contributed by atoms with Gasteiger partial charge in [0.15, 0.2) is 0 Å². The third-order valence-electron chi connectivity index (χ3n) is 2.71. The zero-order valence-electron chi connectivity index (χ0n) is 11.8. The molecule has 5 nitrogen and oxygen atoms in total. The van der Waals surface area contributed by atoms with Crippen LogP contribution in [-0.4, -0.2) is 25.5 Å². The largest absolute Gasteiger partial charge is 0.306 e. The Bertz CT molecular complexity index is 498. The van der Waals surface area contributed by atoms with E-state index in [2.05, 4.69) is 41.4 Å². The van der Waals surface area contributed by atoms with Crippen LogP contribution in [0.4, 0.5) is 0 Å². The molecule has 0 aromatic carbocycles. The lowest BCUT2D eigenvalue weighted by atomic mass is 10.1. The van der Waals surface area contributed by atoms with Gasteiger partial charge in [-0.1, -0.05) is 11.3 Å². The lowest BCUT2D eigenvalue weighted by Gasteiger charge is -2.19. The van der Waals surface area contributed by atoms with Crippen molar-refractivity contribution in [3.63, 3.8) is 0 Å². The third-order valence-corrected chi connectivity index (χ3v) is 2.71. The van der Waals surface area contributed by atoms with E-state index >= 15 is 0 Å². The second kappa shape index (κ2) is 5.93. The van der Waals surface area contributed by atoms with Crippen molar-refractivity contribution < 1.29 is 0 Å². The topological polar surface area (TPSA) is 55.6 Å². The minimum absolute atomic E-state index is 0.0950. The Kier molecular flexibility index (Phi) is 4.27. The molecular weight excluding hydrogens is 238 g/mol. The van der Waals surface area contributed by atoms with Gasteiger partial charge in [0.05, 0.1) is 5.69 Å². The summed E-state index contributed by atoms with van der Waals surface area (Å²) in [6.07, 6.45) is 4.67.